The summed E-state index contributed by atoms with van der Waals surface area (Å²) >= 11 is 7.59. The van der Waals surface area contributed by atoms with E-state index in [9.17, 15) is 4.79 Å². The minimum atomic E-state index is -0.0185. The van der Waals surface area contributed by atoms with Gasteiger partial charge in [0, 0.05) is 10.6 Å². The summed E-state index contributed by atoms with van der Waals surface area (Å²) in [5.74, 6) is 1.07. The number of amides is 1. The molecule has 0 radical (unpaired) electrons. The highest BCUT2D eigenvalue weighted by molar-refractivity contribution is 8.00. The number of carbonyl (C=O) groups excluding carboxylic acids is 1. The summed E-state index contributed by atoms with van der Waals surface area (Å²) in [6.45, 7) is 0. The molecule has 1 unspecified atom stereocenters. The number of hydrogen-bond donors (Lipinski definition) is 2. The van der Waals surface area contributed by atoms with Gasteiger partial charge in [-0.2, -0.15) is 5.10 Å². The van der Waals surface area contributed by atoms with Crippen LogP contribution in [-0.4, -0.2) is 21.9 Å². The third-order valence-corrected chi connectivity index (χ3v) is 4.27. The highest BCUT2D eigenvalue weighted by atomic mass is 35.5. The number of thioether (sulfide) groups is 1. The molecule has 2 N–H and O–H groups in total. The average molecular weight is 280 g/mol. The first-order valence-corrected chi connectivity index (χ1v) is 6.87. The lowest BCUT2D eigenvalue weighted by molar-refractivity contribution is -0.113. The van der Waals surface area contributed by atoms with E-state index in [2.05, 4.69) is 15.5 Å². The van der Waals surface area contributed by atoms with Gasteiger partial charge in [-0.15, -0.1) is 11.8 Å². The van der Waals surface area contributed by atoms with Crippen LogP contribution in [0.15, 0.2) is 30.5 Å². The van der Waals surface area contributed by atoms with Gasteiger partial charge < -0.3 is 5.32 Å². The molecule has 1 aliphatic heterocycles. The molecular weight excluding hydrogens is 270 g/mol. The van der Waals surface area contributed by atoms with Crippen molar-refractivity contribution in [3.05, 3.63) is 46.6 Å². The van der Waals surface area contributed by atoms with E-state index in [-0.39, 0.29) is 11.2 Å². The summed E-state index contributed by atoms with van der Waals surface area (Å²) in [5.41, 5.74) is 2.06. The number of aromatic nitrogens is 2. The van der Waals surface area contributed by atoms with Gasteiger partial charge >= 0.3 is 0 Å². The van der Waals surface area contributed by atoms with Crippen molar-refractivity contribution in [2.24, 2.45) is 0 Å². The highest BCUT2D eigenvalue weighted by Gasteiger charge is 2.25. The number of halogens is 1. The number of H-pyrrole nitrogens is 1. The molecule has 1 aliphatic rings. The van der Waals surface area contributed by atoms with Crippen LogP contribution in [0.1, 0.15) is 16.4 Å². The molecule has 1 amide bonds. The molecule has 0 saturated carbocycles. The molecular formula is C12H10ClN3OS. The Hall–Kier alpha value is -1.46. The Labute approximate surface area is 113 Å². The zero-order valence-electron chi connectivity index (χ0n) is 9.31. The largest absolute Gasteiger partial charge is 0.310 e. The van der Waals surface area contributed by atoms with Crippen LogP contribution >= 0.6 is 23.4 Å². The zero-order chi connectivity index (χ0) is 12.5. The average Bonchev–Trinajstić information content (AvgIpc) is 2.72. The highest BCUT2D eigenvalue weighted by Crippen LogP contribution is 2.40. The van der Waals surface area contributed by atoms with Crippen LogP contribution in [0.3, 0.4) is 0 Å². The summed E-state index contributed by atoms with van der Waals surface area (Å²) in [6.07, 6.45) is 1.75. The second-order valence-corrected chi connectivity index (χ2v) is 5.52. The van der Waals surface area contributed by atoms with Crippen LogP contribution in [0.5, 0.6) is 0 Å². The number of carbonyl (C=O) groups is 1. The van der Waals surface area contributed by atoms with E-state index in [1.54, 1.807) is 18.0 Å². The number of aromatic amines is 1. The molecule has 1 atom stereocenters. The number of nitrogens with zero attached hydrogens (tertiary/aromatic N) is 1. The van der Waals surface area contributed by atoms with Crippen molar-refractivity contribution in [1.29, 1.82) is 0 Å². The number of benzene rings is 1. The summed E-state index contributed by atoms with van der Waals surface area (Å²) in [4.78, 5) is 11.6. The van der Waals surface area contributed by atoms with Crippen LogP contribution in [-0.2, 0) is 4.79 Å². The molecule has 6 heteroatoms. The molecule has 3 rings (SSSR count). The number of anilines is 1. The second-order valence-electron chi connectivity index (χ2n) is 3.99. The van der Waals surface area contributed by atoms with Gasteiger partial charge in [0.1, 0.15) is 5.82 Å². The molecule has 0 spiro atoms. The SMILES string of the molecule is O=C1CSC(c2cccc(Cl)c2)c2cn[nH]c2N1. The lowest BCUT2D eigenvalue weighted by Gasteiger charge is -2.13. The molecule has 0 aliphatic carbocycles. The van der Waals surface area contributed by atoms with Gasteiger partial charge in [0.25, 0.3) is 0 Å². The lowest BCUT2D eigenvalue weighted by atomic mass is 10.1. The molecule has 92 valence electrons. The Morgan fingerprint density at radius 1 is 1.44 bits per heavy atom. The number of nitrogens with one attached hydrogen (secondary N) is 2. The predicted molar refractivity (Wildman–Crippen MR) is 73.0 cm³/mol. The van der Waals surface area contributed by atoms with Crippen molar-refractivity contribution in [1.82, 2.24) is 10.2 Å². The topological polar surface area (TPSA) is 57.8 Å². The maximum atomic E-state index is 11.6. The van der Waals surface area contributed by atoms with E-state index in [1.807, 2.05) is 24.3 Å². The van der Waals surface area contributed by atoms with E-state index >= 15 is 0 Å². The third kappa shape index (κ3) is 2.11. The van der Waals surface area contributed by atoms with Crippen molar-refractivity contribution in [3.8, 4) is 0 Å². The van der Waals surface area contributed by atoms with Gasteiger partial charge in [-0.05, 0) is 17.7 Å². The summed E-state index contributed by atoms with van der Waals surface area (Å²) in [6, 6.07) is 7.69. The monoisotopic (exact) mass is 279 g/mol. The van der Waals surface area contributed by atoms with E-state index < -0.39 is 0 Å². The Morgan fingerprint density at radius 3 is 3.17 bits per heavy atom. The standard InChI is InChI=1S/C12H10ClN3OS/c13-8-3-1-2-7(4-8)11-9-5-14-16-12(9)15-10(17)6-18-11/h1-5,11H,6H2,(H2,14,15,16,17). The molecule has 1 aromatic heterocycles. The maximum Gasteiger partial charge on any atom is 0.235 e. The fourth-order valence-electron chi connectivity index (χ4n) is 1.96. The van der Waals surface area contributed by atoms with Crippen molar-refractivity contribution < 1.29 is 4.79 Å². The van der Waals surface area contributed by atoms with Crippen molar-refractivity contribution in [3.63, 3.8) is 0 Å². The molecule has 0 saturated heterocycles. The maximum absolute atomic E-state index is 11.6. The Balaban J connectivity index is 2.05. The number of rotatable bonds is 1. The van der Waals surface area contributed by atoms with Gasteiger partial charge in [-0.25, -0.2) is 0 Å². The van der Waals surface area contributed by atoms with E-state index in [0.29, 0.717) is 16.6 Å². The Morgan fingerprint density at radius 2 is 2.33 bits per heavy atom. The first-order valence-electron chi connectivity index (χ1n) is 5.44. The number of hydrogen-bond acceptors (Lipinski definition) is 3. The van der Waals surface area contributed by atoms with Gasteiger partial charge in [0.2, 0.25) is 5.91 Å². The number of fused-ring (bicyclic) bond motifs is 1. The minimum Gasteiger partial charge on any atom is -0.310 e. The first kappa shape index (κ1) is 11.6. The van der Waals surface area contributed by atoms with Crippen molar-refractivity contribution >= 4 is 35.1 Å². The Bertz CT molecular complexity index is 599. The fraction of sp³-hybridized carbons (Fsp3) is 0.167. The molecule has 0 bridgehead atoms. The molecule has 0 fully saturated rings. The third-order valence-electron chi connectivity index (χ3n) is 2.75. The van der Waals surface area contributed by atoms with E-state index in [1.165, 1.54) is 0 Å². The van der Waals surface area contributed by atoms with Crippen molar-refractivity contribution in [2.45, 2.75) is 5.25 Å². The van der Waals surface area contributed by atoms with Crippen LogP contribution in [0.4, 0.5) is 5.82 Å². The molecule has 18 heavy (non-hydrogen) atoms. The van der Waals surface area contributed by atoms with Gasteiger partial charge in [0.05, 0.1) is 17.2 Å². The lowest BCUT2D eigenvalue weighted by Crippen LogP contribution is -2.12. The quantitative estimate of drug-likeness (QED) is 0.844. The summed E-state index contributed by atoms with van der Waals surface area (Å²) in [7, 11) is 0. The molecule has 4 nitrogen and oxygen atoms in total. The summed E-state index contributed by atoms with van der Waals surface area (Å²) in [5, 5.41) is 10.4. The van der Waals surface area contributed by atoms with Crippen molar-refractivity contribution in [2.75, 3.05) is 11.1 Å². The van der Waals surface area contributed by atoms with E-state index in [4.69, 9.17) is 11.6 Å². The first-order chi connectivity index (χ1) is 8.74. The molecule has 2 aromatic rings. The fourth-order valence-corrected chi connectivity index (χ4v) is 3.25. The predicted octanol–water partition coefficient (Wildman–Crippen LogP) is 2.84. The molecule has 2 heterocycles. The normalized spacial score (nSPS) is 18.9. The van der Waals surface area contributed by atoms with Gasteiger partial charge in [0.15, 0.2) is 0 Å². The van der Waals surface area contributed by atoms with Gasteiger partial charge in [-0.3, -0.25) is 9.89 Å². The van der Waals surface area contributed by atoms with Crippen LogP contribution in [0, 0.1) is 0 Å². The van der Waals surface area contributed by atoms with Crippen LogP contribution < -0.4 is 5.32 Å². The minimum absolute atomic E-state index is 0.0185. The smallest absolute Gasteiger partial charge is 0.235 e. The zero-order valence-corrected chi connectivity index (χ0v) is 10.9. The Kier molecular flexibility index (Phi) is 3.01. The molecule has 1 aromatic carbocycles. The summed E-state index contributed by atoms with van der Waals surface area (Å²) < 4.78 is 0. The van der Waals surface area contributed by atoms with Gasteiger partial charge in [-0.1, -0.05) is 23.7 Å². The van der Waals surface area contributed by atoms with Crippen LogP contribution in [0.25, 0.3) is 0 Å². The van der Waals surface area contributed by atoms with Crippen LogP contribution in [0.2, 0.25) is 5.02 Å². The van der Waals surface area contributed by atoms with E-state index in [0.717, 1.165) is 11.1 Å². The second kappa shape index (κ2) is 4.66.